The first-order valence-corrected chi connectivity index (χ1v) is 14.0. The van der Waals surface area contributed by atoms with Crippen molar-refractivity contribution in [2.24, 2.45) is 5.92 Å². The second-order valence-electron chi connectivity index (χ2n) is 10.7. The maximum atomic E-state index is 12.8. The summed E-state index contributed by atoms with van der Waals surface area (Å²) in [6.45, 7) is 3.39. The maximum Gasteiger partial charge on any atom is 0.328 e. The van der Waals surface area contributed by atoms with Crippen LogP contribution in [0.25, 0.3) is 0 Å². The normalized spacial score (nSPS) is 21.2. The third-order valence-corrected chi connectivity index (χ3v) is 7.76. The molecule has 3 aliphatic rings. The molecule has 0 radical (unpaired) electrons. The highest BCUT2D eigenvalue weighted by atomic mass is 16.4. The van der Waals surface area contributed by atoms with Crippen LogP contribution in [0.5, 0.6) is 0 Å². The van der Waals surface area contributed by atoms with Crippen LogP contribution in [0.15, 0.2) is 12.1 Å². The number of aromatic nitrogens is 1. The van der Waals surface area contributed by atoms with Crippen molar-refractivity contribution in [3.8, 4) is 0 Å². The third kappa shape index (κ3) is 8.31. The fourth-order valence-corrected chi connectivity index (χ4v) is 5.64. The zero-order valence-corrected chi connectivity index (χ0v) is 21.8. The van der Waals surface area contributed by atoms with E-state index < -0.39 is 18.0 Å². The Hall–Kier alpha value is -2.88. The number of likely N-dealkylation sites (tertiary alicyclic amines) is 1. The Bertz CT molecular complexity index is 935. The fraction of sp³-hybridized carbons (Fsp3) is 0.704. The van der Waals surface area contributed by atoms with Crippen LogP contribution in [0.4, 0.5) is 10.6 Å². The second kappa shape index (κ2) is 13.6. The molecule has 204 valence electrons. The van der Waals surface area contributed by atoms with Gasteiger partial charge in [0.05, 0.1) is 5.92 Å². The smallest absolute Gasteiger partial charge is 0.328 e. The number of carboxylic acid groups (broad SMARTS) is 1. The zero-order valence-electron chi connectivity index (χ0n) is 21.8. The standard InChI is InChI=1S/C27H42N6O4/c34-25(29-17-23(26(35)36)32-27(37)31-21-9-2-1-3-10-21)20-8-5-15-33(18-20)16-6-11-22-13-12-19-7-4-14-28-24(19)30-22/h12-13,20-21,23H,1-11,14-18H2,(H,28,30)(H,29,34)(H,35,36)(H2,31,32,37). The zero-order chi connectivity index (χ0) is 26.0. The molecule has 2 fully saturated rings. The molecular formula is C27H42N6O4. The molecule has 1 aromatic rings. The Kier molecular flexibility index (Phi) is 9.99. The lowest BCUT2D eigenvalue weighted by atomic mass is 9.96. The molecule has 1 aromatic heterocycles. The third-order valence-electron chi connectivity index (χ3n) is 7.76. The maximum absolute atomic E-state index is 12.8. The van der Waals surface area contributed by atoms with Crippen LogP contribution in [0.1, 0.15) is 69.0 Å². The van der Waals surface area contributed by atoms with Gasteiger partial charge in [0, 0.05) is 31.4 Å². The molecule has 2 aliphatic heterocycles. The predicted octanol–water partition coefficient (Wildman–Crippen LogP) is 2.29. The van der Waals surface area contributed by atoms with E-state index in [1.807, 2.05) is 0 Å². The molecule has 4 rings (SSSR count). The Morgan fingerprint density at radius 1 is 1.11 bits per heavy atom. The molecule has 10 nitrogen and oxygen atoms in total. The number of hydrogen-bond acceptors (Lipinski definition) is 6. The van der Waals surface area contributed by atoms with Gasteiger partial charge in [0.15, 0.2) is 0 Å². The molecule has 0 bridgehead atoms. The number of pyridine rings is 1. The number of anilines is 1. The summed E-state index contributed by atoms with van der Waals surface area (Å²) < 4.78 is 0. The molecule has 3 heterocycles. The number of urea groups is 1. The van der Waals surface area contributed by atoms with Gasteiger partial charge in [-0.1, -0.05) is 25.3 Å². The minimum atomic E-state index is -1.16. The van der Waals surface area contributed by atoms with Crippen LogP contribution in [0.3, 0.4) is 0 Å². The number of carbonyl (C=O) groups is 3. The largest absolute Gasteiger partial charge is 0.480 e. The summed E-state index contributed by atoms with van der Waals surface area (Å²) in [5.41, 5.74) is 2.39. The molecule has 0 aromatic carbocycles. The number of hydrogen-bond donors (Lipinski definition) is 5. The van der Waals surface area contributed by atoms with E-state index >= 15 is 0 Å². The summed E-state index contributed by atoms with van der Waals surface area (Å²) in [5, 5.41) is 21.1. The van der Waals surface area contributed by atoms with Gasteiger partial charge in [-0.2, -0.15) is 0 Å². The van der Waals surface area contributed by atoms with Crippen molar-refractivity contribution in [3.63, 3.8) is 0 Å². The van der Waals surface area contributed by atoms with Crippen LogP contribution < -0.4 is 21.3 Å². The number of nitrogens with zero attached hydrogens (tertiary/aromatic N) is 2. The number of aryl methyl sites for hydroxylation is 2. The van der Waals surface area contributed by atoms with Gasteiger partial charge in [0.25, 0.3) is 0 Å². The van der Waals surface area contributed by atoms with Crippen LogP contribution in [-0.4, -0.2) is 77.7 Å². The van der Waals surface area contributed by atoms with Crippen molar-refractivity contribution in [2.45, 2.75) is 82.7 Å². The molecule has 1 aliphatic carbocycles. The Morgan fingerprint density at radius 3 is 2.76 bits per heavy atom. The molecule has 2 atom stereocenters. The lowest BCUT2D eigenvalue weighted by Crippen LogP contribution is -2.54. The van der Waals surface area contributed by atoms with Crippen molar-refractivity contribution >= 4 is 23.7 Å². The molecule has 1 saturated carbocycles. The van der Waals surface area contributed by atoms with Crippen molar-refractivity contribution in [1.29, 1.82) is 0 Å². The number of rotatable bonds is 10. The van der Waals surface area contributed by atoms with Gasteiger partial charge in [-0.15, -0.1) is 0 Å². The predicted molar refractivity (Wildman–Crippen MR) is 142 cm³/mol. The highest BCUT2D eigenvalue weighted by Crippen LogP contribution is 2.21. The van der Waals surface area contributed by atoms with E-state index in [1.54, 1.807) is 0 Å². The van der Waals surface area contributed by atoms with Crippen molar-refractivity contribution in [3.05, 3.63) is 23.4 Å². The number of piperidine rings is 1. The van der Waals surface area contributed by atoms with Gasteiger partial charge in [-0.05, 0) is 76.1 Å². The number of carbonyl (C=O) groups excluding carboxylic acids is 2. The number of nitrogens with one attached hydrogen (secondary N) is 4. The van der Waals surface area contributed by atoms with E-state index in [4.69, 9.17) is 4.98 Å². The van der Waals surface area contributed by atoms with E-state index in [9.17, 15) is 19.5 Å². The Morgan fingerprint density at radius 2 is 1.95 bits per heavy atom. The summed E-state index contributed by atoms with van der Waals surface area (Å²) in [6.07, 6.45) is 11.0. The van der Waals surface area contributed by atoms with Crippen LogP contribution >= 0.6 is 0 Å². The molecule has 5 N–H and O–H groups in total. The summed E-state index contributed by atoms with van der Waals surface area (Å²) in [5.74, 6) is -0.451. The lowest BCUT2D eigenvalue weighted by Gasteiger charge is -2.32. The average Bonchev–Trinajstić information content (AvgIpc) is 2.91. The Labute approximate surface area is 219 Å². The number of fused-ring (bicyclic) bond motifs is 1. The quantitative estimate of drug-likeness (QED) is 0.323. The number of carboxylic acids is 1. The van der Waals surface area contributed by atoms with E-state index in [0.29, 0.717) is 6.54 Å². The van der Waals surface area contributed by atoms with Gasteiger partial charge in [-0.3, -0.25) is 4.79 Å². The molecule has 1 saturated heterocycles. The SMILES string of the molecule is O=C(NC1CCCCC1)NC(CNC(=O)C1CCCN(CCCc2ccc3c(n2)NCCC3)C1)C(=O)O. The minimum Gasteiger partial charge on any atom is -0.480 e. The van der Waals surface area contributed by atoms with Crippen molar-refractivity contribution in [1.82, 2.24) is 25.8 Å². The van der Waals surface area contributed by atoms with Gasteiger partial charge in [0.2, 0.25) is 5.91 Å². The van der Waals surface area contributed by atoms with Gasteiger partial charge >= 0.3 is 12.0 Å². The van der Waals surface area contributed by atoms with Gasteiger partial charge < -0.3 is 31.3 Å². The highest BCUT2D eigenvalue weighted by molar-refractivity contribution is 5.84. The van der Waals surface area contributed by atoms with Crippen molar-refractivity contribution in [2.75, 3.05) is 38.0 Å². The second-order valence-corrected chi connectivity index (χ2v) is 10.7. The number of aliphatic carboxylic acids is 1. The summed E-state index contributed by atoms with van der Waals surface area (Å²) >= 11 is 0. The first-order chi connectivity index (χ1) is 18.0. The average molecular weight is 515 g/mol. The van der Waals surface area contributed by atoms with E-state index in [2.05, 4.69) is 38.3 Å². The van der Waals surface area contributed by atoms with Crippen LogP contribution in [0, 0.1) is 5.92 Å². The molecule has 2 unspecified atom stereocenters. The van der Waals surface area contributed by atoms with E-state index in [1.165, 1.54) is 12.0 Å². The first-order valence-electron chi connectivity index (χ1n) is 14.0. The Balaban J connectivity index is 1.17. The minimum absolute atomic E-state index is 0.0886. The van der Waals surface area contributed by atoms with E-state index in [-0.39, 0.29) is 24.4 Å². The molecule has 37 heavy (non-hydrogen) atoms. The van der Waals surface area contributed by atoms with Crippen LogP contribution in [-0.2, 0) is 22.4 Å². The highest BCUT2D eigenvalue weighted by Gasteiger charge is 2.28. The first kappa shape index (κ1) is 27.2. The molecule has 10 heteroatoms. The van der Waals surface area contributed by atoms with Crippen molar-refractivity contribution < 1.29 is 19.5 Å². The van der Waals surface area contributed by atoms with E-state index in [0.717, 1.165) is 95.4 Å². The summed E-state index contributed by atoms with van der Waals surface area (Å²) in [4.78, 5) is 43.9. The summed E-state index contributed by atoms with van der Waals surface area (Å²) in [6, 6.07) is 2.75. The molecular weight excluding hydrogens is 472 g/mol. The number of amides is 3. The topological polar surface area (TPSA) is 136 Å². The van der Waals surface area contributed by atoms with Crippen LogP contribution in [0.2, 0.25) is 0 Å². The monoisotopic (exact) mass is 514 g/mol. The lowest BCUT2D eigenvalue weighted by molar-refractivity contribution is -0.139. The fourth-order valence-electron chi connectivity index (χ4n) is 5.64. The van der Waals surface area contributed by atoms with Gasteiger partial charge in [0.1, 0.15) is 11.9 Å². The molecule has 0 spiro atoms. The molecule has 3 amide bonds. The van der Waals surface area contributed by atoms with Gasteiger partial charge in [-0.25, -0.2) is 14.6 Å². The summed E-state index contributed by atoms with van der Waals surface area (Å²) in [7, 11) is 0.